The van der Waals surface area contributed by atoms with Gasteiger partial charge >= 0.3 is 0 Å². The van der Waals surface area contributed by atoms with Crippen LogP contribution in [-0.2, 0) is 10.0 Å². The lowest BCUT2D eigenvalue weighted by atomic mass is 10.0. The topological polar surface area (TPSA) is 49.4 Å². The molecule has 1 N–H and O–H groups in total. The van der Waals surface area contributed by atoms with E-state index in [0.717, 1.165) is 19.4 Å². The van der Waals surface area contributed by atoms with Crippen molar-refractivity contribution >= 4 is 10.0 Å². The monoisotopic (exact) mass is 248 g/mol. The van der Waals surface area contributed by atoms with Crippen LogP contribution < -0.4 is 5.32 Å². The summed E-state index contributed by atoms with van der Waals surface area (Å²) in [5.41, 5.74) is -0.184. The van der Waals surface area contributed by atoms with E-state index in [9.17, 15) is 8.42 Å². The van der Waals surface area contributed by atoms with E-state index in [0.29, 0.717) is 12.6 Å². The van der Waals surface area contributed by atoms with Crippen molar-refractivity contribution in [3.05, 3.63) is 0 Å². The van der Waals surface area contributed by atoms with Gasteiger partial charge in [0.15, 0.2) is 0 Å². The van der Waals surface area contributed by atoms with Crippen LogP contribution in [0, 0.1) is 5.41 Å². The van der Waals surface area contributed by atoms with Gasteiger partial charge in [0.2, 0.25) is 10.0 Å². The Morgan fingerprint density at radius 1 is 1.38 bits per heavy atom. The van der Waals surface area contributed by atoms with Gasteiger partial charge in [0.05, 0.1) is 5.75 Å². The van der Waals surface area contributed by atoms with Crippen LogP contribution in [0.4, 0.5) is 0 Å². The third-order valence-corrected chi connectivity index (χ3v) is 5.06. The molecule has 0 aliphatic carbocycles. The van der Waals surface area contributed by atoms with Gasteiger partial charge in [-0.05, 0) is 24.8 Å². The molecule has 0 amide bonds. The number of sulfonamides is 1. The molecule has 1 fully saturated rings. The van der Waals surface area contributed by atoms with Gasteiger partial charge in [0.25, 0.3) is 0 Å². The molecule has 0 aromatic rings. The van der Waals surface area contributed by atoms with Gasteiger partial charge in [-0.3, -0.25) is 0 Å². The molecule has 5 heteroatoms. The maximum absolute atomic E-state index is 12.0. The molecule has 16 heavy (non-hydrogen) atoms. The summed E-state index contributed by atoms with van der Waals surface area (Å²) in [6.07, 6.45) is 2.23. The van der Waals surface area contributed by atoms with Gasteiger partial charge in [0.1, 0.15) is 0 Å². The summed E-state index contributed by atoms with van der Waals surface area (Å²) in [5, 5.41) is 3.32. The molecule has 0 aromatic heterocycles. The first-order valence-corrected chi connectivity index (χ1v) is 7.49. The molecule has 4 nitrogen and oxygen atoms in total. The van der Waals surface area contributed by atoms with Gasteiger partial charge in [-0.2, -0.15) is 0 Å². The molecule has 0 aromatic carbocycles. The van der Waals surface area contributed by atoms with E-state index >= 15 is 0 Å². The zero-order chi connectivity index (χ0) is 12.4. The largest absolute Gasteiger partial charge is 0.313 e. The van der Waals surface area contributed by atoms with Crippen LogP contribution in [0.3, 0.4) is 0 Å². The second-order valence-corrected chi connectivity index (χ2v) is 7.97. The van der Waals surface area contributed by atoms with Crippen LogP contribution in [0.2, 0.25) is 0 Å². The quantitative estimate of drug-likeness (QED) is 0.809. The number of hydrogen-bond donors (Lipinski definition) is 1. The summed E-state index contributed by atoms with van der Waals surface area (Å²) in [7, 11) is -1.43. The highest BCUT2D eigenvalue weighted by atomic mass is 32.2. The standard InChI is InChI=1S/C11H24N2O2S/c1-11(2,3)9-16(14,15)13(4)8-10-6-5-7-12-10/h10,12H,5-9H2,1-4H3. The van der Waals surface area contributed by atoms with Crippen molar-refractivity contribution in [1.29, 1.82) is 0 Å². The van der Waals surface area contributed by atoms with Gasteiger partial charge in [-0.25, -0.2) is 12.7 Å². The second-order valence-electron chi connectivity index (χ2n) is 5.89. The Morgan fingerprint density at radius 2 is 2.00 bits per heavy atom. The van der Waals surface area contributed by atoms with Gasteiger partial charge in [-0.15, -0.1) is 0 Å². The van der Waals surface area contributed by atoms with E-state index < -0.39 is 10.0 Å². The highest BCUT2D eigenvalue weighted by Crippen LogP contribution is 2.18. The first-order chi connectivity index (χ1) is 7.21. The normalized spacial score (nSPS) is 22.9. The van der Waals surface area contributed by atoms with Crippen molar-refractivity contribution in [2.45, 2.75) is 39.7 Å². The van der Waals surface area contributed by atoms with Crippen LogP contribution in [0.15, 0.2) is 0 Å². The highest BCUT2D eigenvalue weighted by Gasteiger charge is 2.27. The molecule has 1 unspecified atom stereocenters. The maximum atomic E-state index is 12.0. The van der Waals surface area contributed by atoms with E-state index in [4.69, 9.17) is 0 Å². The van der Waals surface area contributed by atoms with E-state index in [1.165, 1.54) is 4.31 Å². The fourth-order valence-electron chi connectivity index (χ4n) is 1.99. The fourth-order valence-corrected chi connectivity index (χ4v) is 3.72. The summed E-state index contributed by atoms with van der Waals surface area (Å²) < 4.78 is 25.6. The van der Waals surface area contributed by atoms with Crippen molar-refractivity contribution in [1.82, 2.24) is 9.62 Å². The number of hydrogen-bond acceptors (Lipinski definition) is 3. The minimum atomic E-state index is -3.11. The SMILES string of the molecule is CN(CC1CCCN1)S(=O)(=O)CC(C)(C)C. The lowest BCUT2D eigenvalue weighted by Crippen LogP contribution is -2.41. The lowest BCUT2D eigenvalue weighted by Gasteiger charge is -2.25. The van der Waals surface area contributed by atoms with Crippen molar-refractivity contribution in [2.75, 3.05) is 25.9 Å². The Hall–Kier alpha value is -0.130. The first-order valence-electron chi connectivity index (χ1n) is 5.88. The third kappa shape index (κ3) is 4.39. The molecule has 0 bridgehead atoms. The molecule has 1 saturated heterocycles. The van der Waals surface area contributed by atoms with E-state index in [1.54, 1.807) is 7.05 Å². The number of rotatable bonds is 4. The number of likely N-dealkylation sites (N-methyl/N-ethyl adjacent to an activating group) is 1. The molecular formula is C11H24N2O2S. The fraction of sp³-hybridized carbons (Fsp3) is 1.00. The predicted molar refractivity (Wildman–Crippen MR) is 66.9 cm³/mol. The highest BCUT2D eigenvalue weighted by molar-refractivity contribution is 7.89. The zero-order valence-electron chi connectivity index (χ0n) is 10.8. The van der Waals surface area contributed by atoms with E-state index in [-0.39, 0.29) is 11.2 Å². The third-order valence-electron chi connectivity index (χ3n) is 2.73. The van der Waals surface area contributed by atoms with Crippen molar-refractivity contribution in [3.8, 4) is 0 Å². The Kier molecular flexibility index (Phi) is 4.37. The summed E-state index contributed by atoms with van der Waals surface area (Å²) in [6, 6.07) is 0.333. The Morgan fingerprint density at radius 3 is 2.44 bits per heavy atom. The van der Waals surface area contributed by atoms with Crippen molar-refractivity contribution in [3.63, 3.8) is 0 Å². The molecule has 0 spiro atoms. The molecule has 1 heterocycles. The lowest BCUT2D eigenvalue weighted by molar-refractivity contribution is 0.395. The van der Waals surface area contributed by atoms with Gasteiger partial charge in [0, 0.05) is 19.6 Å². The Balaban J connectivity index is 2.54. The van der Waals surface area contributed by atoms with Crippen molar-refractivity contribution in [2.24, 2.45) is 5.41 Å². The average Bonchev–Trinajstić information content (AvgIpc) is 2.51. The maximum Gasteiger partial charge on any atom is 0.214 e. The molecule has 1 atom stereocenters. The van der Waals surface area contributed by atoms with Crippen LogP contribution in [0.5, 0.6) is 0 Å². The molecule has 1 rings (SSSR count). The molecule has 0 radical (unpaired) electrons. The zero-order valence-corrected chi connectivity index (χ0v) is 11.6. The first kappa shape index (κ1) is 13.9. The summed E-state index contributed by atoms with van der Waals surface area (Å²) in [5.74, 6) is 0.212. The Bertz CT molecular complexity index is 313. The second kappa shape index (κ2) is 5.02. The van der Waals surface area contributed by atoms with Gasteiger partial charge in [-0.1, -0.05) is 20.8 Å². The number of nitrogens with one attached hydrogen (secondary N) is 1. The smallest absolute Gasteiger partial charge is 0.214 e. The molecule has 0 saturated carbocycles. The molecule has 1 aliphatic heterocycles. The molecule has 1 aliphatic rings. The predicted octanol–water partition coefficient (Wildman–Crippen LogP) is 1.05. The summed E-state index contributed by atoms with van der Waals surface area (Å²) in [4.78, 5) is 0. The summed E-state index contributed by atoms with van der Waals surface area (Å²) in [6.45, 7) is 7.46. The minimum Gasteiger partial charge on any atom is -0.313 e. The van der Waals surface area contributed by atoms with Gasteiger partial charge < -0.3 is 5.32 Å². The molecular weight excluding hydrogens is 224 g/mol. The minimum absolute atomic E-state index is 0.184. The summed E-state index contributed by atoms with van der Waals surface area (Å²) >= 11 is 0. The van der Waals surface area contributed by atoms with Crippen molar-refractivity contribution < 1.29 is 8.42 Å². The van der Waals surface area contributed by atoms with Crippen LogP contribution in [0.25, 0.3) is 0 Å². The Labute approximate surface area is 99.5 Å². The number of nitrogens with zero attached hydrogens (tertiary/aromatic N) is 1. The van der Waals surface area contributed by atoms with E-state index in [2.05, 4.69) is 5.32 Å². The van der Waals surface area contributed by atoms with E-state index in [1.807, 2.05) is 20.8 Å². The average molecular weight is 248 g/mol. The van der Waals surface area contributed by atoms with Crippen LogP contribution in [-0.4, -0.2) is 44.7 Å². The van der Waals surface area contributed by atoms with Crippen LogP contribution in [0.1, 0.15) is 33.6 Å². The molecule has 96 valence electrons. The van der Waals surface area contributed by atoms with Crippen LogP contribution >= 0.6 is 0 Å².